The van der Waals surface area contributed by atoms with Gasteiger partial charge in [0.25, 0.3) is 0 Å². The van der Waals surface area contributed by atoms with E-state index in [0.29, 0.717) is 25.6 Å². The van der Waals surface area contributed by atoms with Crippen LogP contribution >= 0.6 is 0 Å². The SMILES string of the molecule is O=C(CN(Cc1ccc(F)cc1)CC1CC1)NCc1ccccn1. The van der Waals surface area contributed by atoms with Crippen molar-refractivity contribution in [2.75, 3.05) is 13.1 Å². The lowest BCUT2D eigenvalue weighted by Crippen LogP contribution is -2.37. The molecule has 1 N–H and O–H groups in total. The van der Waals surface area contributed by atoms with E-state index < -0.39 is 0 Å². The van der Waals surface area contributed by atoms with Gasteiger partial charge >= 0.3 is 0 Å². The molecule has 0 bridgehead atoms. The number of amides is 1. The predicted octanol–water partition coefficient (Wildman–Crippen LogP) is 2.75. The Hall–Kier alpha value is -2.27. The Labute approximate surface area is 141 Å². The highest BCUT2D eigenvalue weighted by Crippen LogP contribution is 2.30. The van der Waals surface area contributed by atoms with Gasteiger partial charge in [-0.2, -0.15) is 0 Å². The molecular weight excluding hydrogens is 305 g/mol. The summed E-state index contributed by atoms with van der Waals surface area (Å²) in [6.45, 7) is 2.36. The zero-order valence-electron chi connectivity index (χ0n) is 13.6. The van der Waals surface area contributed by atoms with Crippen LogP contribution in [-0.2, 0) is 17.9 Å². The van der Waals surface area contributed by atoms with E-state index in [1.165, 1.54) is 25.0 Å². The molecule has 0 aliphatic heterocycles. The van der Waals surface area contributed by atoms with Gasteiger partial charge in [0.05, 0.1) is 18.8 Å². The van der Waals surface area contributed by atoms with E-state index in [1.807, 2.05) is 18.2 Å². The molecule has 0 unspecified atom stereocenters. The first-order valence-electron chi connectivity index (χ1n) is 8.32. The van der Waals surface area contributed by atoms with E-state index >= 15 is 0 Å². The summed E-state index contributed by atoms with van der Waals surface area (Å²) in [4.78, 5) is 18.6. The zero-order chi connectivity index (χ0) is 16.8. The molecule has 126 valence electrons. The summed E-state index contributed by atoms with van der Waals surface area (Å²) in [7, 11) is 0. The molecule has 1 aromatic heterocycles. The molecule has 5 heteroatoms. The summed E-state index contributed by atoms with van der Waals surface area (Å²) in [5, 5.41) is 2.91. The highest BCUT2D eigenvalue weighted by atomic mass is 19.1. The van der Waals surface area contributed by atoms with Crippen molar-refractivity contribution in [2.24, 2.45) is 5.92 Å². The maximum Gasteiger partial charge on any atom is 0.234 e. The third-order valence-corrected chi connectivity index (χ3v) is 4.09. The molecule has 1 heterocycles. The second-order valence-corrected chi connectivity index (χ2v) is 6.34. The molecule has 0 radical (unpaired) electrons. The van der Waals surface area contributed by atoms with Crippen molar-refractivity contribution >= 4 is 5.91 Å². The molecule has 1 aliphatic rings. The molecule has 1 aromatic carbocycles. The highest BCUT2D eigenvalue weighted by molar-refractivity contribution is 5.77. The lowest BCUT2D eigenvalue weighted by atomic mass is 10.2. The van der Waals surface area contributed by atoms with E-state index in [-0.39, 0.29) is 11.7 Å². The second-order valence-electron chi connectivity index (χ2n) is 6.34. The number of carbonyl (C=O) groups excluding carboxylic acids is 1. The Kier molecular flexibility index (Phi) is 5.54. The predicted molar refractivity (Wildman–Crippen MR) is 90.5 cm³/mol. The molecule has 24 heavy (non-hydrogen) atoms. The Morgan fingerprint density at radius 2 is 2.00 bits per heavy atom. The highest BCUT2D eigenvalue weighted by Gasteiger charge is 2.25. The molecule has 1 saturated carbocycles. The first-order chi connectivity index (χ1) is 11.7. The molecular formula is C19H22FN3O. The Bertz CT molecular complexity index is 656. The lowest BCUT2D eigenvalue weighted by molar-refractivity contribution is -0.122. The van der Waals surface area contributed by atoms with E-state index in [4.69, 9.17) is 0 Å². The van der Waals surface area contributed by atoms with Gasteiger partial charge in [0, 0.05) is 19.3 Å². The zero-order valence-corrected chi connectivity index (χ0v) is 13.6. The normalized spacial score (nSPS) is 13.9. The molecule has 0 saturated heterocycles. The summed E-state index contributed by atoms with van der Waals surface area (Å²) < 4.78 is 13.0. The standard InChI is InChI=1S/C19H22FN3O/c20-17-8-6-16(7-9-17)13-23(12-15-4-5-15)14-19(24)22-11-18-3-1-2-10-21-18/h1-3,6-10,15H,4-5,11-14H2,(H,22,24). The second kappa shape index (κ2) is 8.02. The van der Waals surface area contributed by atoms with Crippen molar-refractivity contribution in [1.82, 2.24) is 15.2 Å². The molecule has 0 atom stereocenters. The van der Waals surface area contributed by atoms with E-state index in [1.54, 1.807) is 18.3 Å². The molecule has 1 fully saturated rings. The lowest BCUT2D eigenvalue weighted by Gasteiger charge is -2.21. The van der Waals surface area contributed by atoms with E-state index in [2.05, 4.69) is 15.2 Å². The Morgan fingerprint density at radius 3 is 2.67 bits per heavy atom. The molecule has 4 nitrogen and oxygen atoms in total. The maximum absolute atomic E-state index is 13.0. The van der Waals surface area contributed by atoms with Crippen LogP contribution in [0.3, 0.4) is 0 Å². The van der Waals surface area contributed by atoms with Crippen molar-refractivity contribution < 1.29 is 9.18 Å². The quantitative estimate of drug-likeness (QED) is 0.811. The van der Waals surface area contributed by atoms with Crippen molar-refractivity contribution in [2.45, 2.75) is 25.9 Å². The average Bonchev–Trinajstić information content (AvgIpc) is 3.40. The monoisotopic (exact) mass is 327 g/mol. The summed E-state index contributed by atoms with van der Waals surface area (Å²) in [6.07, 6.45) is 4.18. The van der Waals surface area contributed by atoms with Gasteiger partial charge in [0.15, 0.2) is 0 Å². The first kappa shape index (κ1) is 16.6. The number of nitrogens with one attached hydrogen (secondary N) is 1. The number of hydrogen-bond acceptors (Lipinski definition) is 3. The Morgan fingerprint density at radius 1 is 1.21 bits per heavy atom. The smallest absolute Gasteiger partial charge is 0.234 e. The van der Waals surface area contributed by atoms with Crippen LogP contribution in [0.1, 0.15) is 24.1 Å². The van der Waals surface area contributed by atoms with Gasteiger partial charge in [-0.15, -0.1) is 0 Å². The van der Waals surface area contributed by atoms with Crippen LogP contribution in [0.5, 0.6) is 0 Å². The first-order valence-corrected chi connectivity index (χ1v) is 8.32. The number of pyridine rings is 1. The Balaban J connectivity index is 1.52. The van der Waals surface area contributed by atoms with Gasteiger partial charge in [-0.3, -0.25) is 14.7 Å². The molecule has 1 amide bonds. The minimum absolute atomic E-state index is 0.0107. The van der Waals surface area contributed by atoms with Gasteiger partial charge in [0.2, 0.25) is 5.91 Å². The number of aromatic nitrogens is 1. The summed E-state index contributed by atoms with van der Waals surface area (Å²) in [5.74, 6) is 0.443. The van der Waals surface area contributed by atoms with Crippen LogP contribution in [0.15, 0.2) is 48.7 Å². The van der Waals surface area contributed by atoms with Crippen LogP contribution in [0.25, 0.3) is 0 Å². The minimum Gasteiger partial charge on any atom is -0.349 e. The third-order valence-electron chi connectivity index (χ3n) is 4.09. The maximum atomic E-state index is 13.0. The number of halogens is 1. The molecule has 0 spiro atoms. The van der Waals surface area contributed by atoms with Crippen LogP contribution in [-0.4, -0.2) is 28.9 Å². The van der Waals surface area contributed by atoms with Gasteiger partial charge in [-0.1, -0.05) is 18.2 Å². The van der Waals surface area contributed by atoms with Gasteiger partial charge in [0.1, 0.15) is 5.82 Å². The fraction of sp³-hybridized carbons (Fsp3) is 0.368. The van der Waals surface area contributed by atoms with Gasteiger partial charge in [-0.25, -0.2) is 4.39 Å². The topological polar surface area (TPSA) is 45.2 Å². The average molecular weight is 327 g/mol. The molecule has 2 aromatic rings. The number of nitrogens with zero attached hydrogens (tertiary/aromatic N) is 2. The van der Waals surface area contributed by atoms with Crippen molar-refractivity contribution in [1.29, 1.82) is 0 Å². The fourth-order valence-corrected chi connectivity index (χ4v) is 2.65. The summed E-state index contributed by atoms with van der Waals surface area (Å²) in [5.41, 5.74) is 1.87. The van der Waals surface area contributed by atoms with Crippen molar-refractivity contribution in [3.8, 4) is 0 Å². The van der Waals surface area contributed by atoms with Crippen molar-refractivity contribution in [3.05, 3.63) is 65.7 Å². The number of carbonyl (C=O) groups is 1. The number of hydrogen-bond donors (Lipinski definition) is 1. The third kappa shape index (κ3) is 5.42. The van der Waals surface area contributed by atoms with Crippen LogP contribution in [0.2, 0.25) is 0 Å². The summed E-state index contributed by atoms with van der Waals surface area (Å²) >= 11 is 0. The number of benzene rings is 1. The van der Waals surface area contributed by atoms with Crippen molar-refractivity contribution in [3.63, 3.8) is 0 Å². The largest absolute Gasteiger partial charge is 0.349 e. The van der Waals surface area contributed by atoms with Gasteiger partial charge < -0.3 is 5.32 Å². The number of rotatable bonds is 8. The minimum atomic E-state index is -0.236. The van der Waals surface area contributed by atoms with Crippen LogP contribution < -0.4 is 5.32 Å². The van der Waals surface area contributed by atoms with Crippen LogP contribution in [0.4, 0.5) is 4.39 Å². The molecule has 3 rings (SSSR count). The van der Waals surface area contributed by atoms with E-state index in [9.17, 15) is 9.18 Å². The van der Waals surface area contributed by atoms with E-state index in [0.717, 1.165) is 17.8 Å². The summed E-state index contributed by atoms with van der Waals surface area (Å²) in [6, 6.07) is 12.1. The van der Waals surface area contributed by atoms with Crippen LogP contribution in [0, 0.1) is 11.7 Å². The molecule has 1 aliphatic carbocycles. The van der Waals surface area contributed by atoms with Gasteiger partial charge in [-0.05, 0) is 48.6 Å². The fourth-order valence-electron chi connectivity index (χ4n) is 2.65.